The van der Waals surface area contributed by atoms with Crippen LogP contribution in [0.2, 0.25) is 0 Å². The van der Waals surface area contributed by atoms with Crippen molar-refractivity contribution in [3.05, 3.63) is 87.9 Å². The summed E-state index contributed by atoms with van der Waals surface area (Å²) in [5, 5.41) is 22.9. The first-order chi connectivity index (χ1) is 13.5. The van der Waals surface area contributed by atoms with Gasteiger partial charge >= 0.3 is 0 Å². The van der Waals surface area contributed by atoms with Crippen LogP contribution in [0.3, 0.4) is 0 Å². The van der Waals surface area contributed by atoms with Crippen LogP contribution in [0.5, 0.6) is 17.2 Å². The lowest BCUT2D eigenvalue weighted by Gasteiger charge is -2.10. The van der Waals surface area contributed by atoms with Gasteiger partial charge in [-0.25, -0.2) is 5.43 Å². The van der Waals surface area contributed by atoms with Crippen molar-refractivity contribution in [3.8, 4) is 17.2 Å². The molecule has 0 aliphatic rings. The van der Waals surface area contributed by atoms with Crippen molar-refractivity contribution in [2.45, 2.75) is 6.61 Å². The Kier molecular flexibility index (Phi) is 6.29. The number of hydrogen-bond donors (Lipinski definition) is 3. The molecule has 0 saturated heterocycles. The van der Waals surface area contributed by atoms with Crippen molar-refractivity contribution < 1.29 is 19.7 Å². The Morgan fingerprint density at radius 2 is 1.89 bits per heavy atom. The zero-order valence-corrected chi connectivity index (χ0v) is 16.3. The molecular weight excluding hydrogens is 424 g/mol. The number of phenols is 2. The molecule has 0 aliphatic heterocycles. The van der Waals surface area contributed by atoms with Gasteiger partial charge < -0.3 is 14.9 Å². The van der Waals surface area contributed by atoms with Crippen molar-refractivity contribution in [1.82, 2.24) is 5.43 Å². The van der Waals surface area contributed by atoms with E-state index in [2.05, 4.69) is 26.5 Å². The summed E-state index contributed by atoms with van der Waals surface area (Å²) < 4.78 is 6.75. The van der Waals surface area contributed by atoms with Gasteiger partial charge in [0.15, 0.2) is 0 Å². The molecule has 0 aromatic heterocycles. The maximum Gasteiger partial charge on any atom is 0.275 e. The predicted octanol–water partition coefficient (Wildman–Crippen LogP) is 4.20. The largest absolute Gasteiger partial charge is 0.508 e. The molecule has 0 fully saturated rings. The molecule has 7 heteroatoms. The van der Waals surface area contributed by atoms with Crippen LogP contribution in [0, 0.1) is 0 Å². The van der Waals surface area contributed by atoms with E-state index in [0.29, 0.717) is 23.5 Å². The first-order valence-corrected chi connectivity index (χ1v) is 9.14. The van der Waals surface area contributed by atoms with Crippen LogP contribution in [0.1, 0.15) is 21.5 Å². The number of aromatic hydroxyl groups is 2. The first kappa shape index (κ1) is 19.4. The molecule has 0 radical (unpaired) electrons. The Morgan fingerprint density at radius 1 is 1.07 bits per heavy atom. The van der Waals surface area contributed by atoms with Crippen LogP contribution >= 0.6 is 15.9 Å². The van der Waals surface area contributed by atoms with Crippen molar-refractivity contribution in [3.63, 3.8) is 0 Å². The van der Waals surface area contributed by atoms with E-state index in [9.17, 15) is 15.0 Å². The van der Waals surface area contributed by atoms with Crippen molar-refractivity contribution in [1.29, 1.82) is 0 Å². The second-order valence-corrected chi connectivity index (χ2v) is 6.77. The van der Waals surface area contributed by atoms with E-state index in [4.69, 9.17) is 4.74 Å². The molecule has 3 N–H and O–H groups in total. The second kappa shape index (κ2) is 9.05. The molecule has 0 unspecified atom stereocenters. The van der Waals surface area contributed by atoms with E-state index in [-0.39, 0.29) is 11.5 Å². The summed E-state index contributed by atoms with van der Waals surface area (Å²) in [5.41, 5.74) is 4.07. The predicted molar refractivity (Wildman–Crippen MR) is 110 cm³/mol. The van der Waals surface area contributed by atoms with Gasteiger partial charge in [0.25, 0.3) is 5.91 Å². The minimum Gasteiger partial charge on any atom is -0.508 e. The molecule has 0 atom stereocenters. The van der Waals surface area contributed by atoms with E-state index in [1.807, 2.05) is 24.3 Å². The van der Waals surface area contributed by atoms with Crippen LogP contribution in [0.25, 0.3) is 0 Å². The fourth-order valence-corrected chi connectivity index (χ4v) is 2.88. The Labute approximate surface area is 170 Å². The Morgan fingerprint density at radius 3 is 2.68 bits per heavy atom. The van der Waals surface area contributed by atoms with E-state index in [0.717, 1.165) is 10.0 Å². The summed E-state index contributed by atoms with van der Waals surface area (Å²) in [4.78, 5) is 12.4. The summed E-state index contributed by atoms with van der Waals surface area (Å²) in [6.07, 6.45) is 1.29. The number of carbonyl (C=O) groups is 1. The van der Waals surface area contributed by atoms with Gasteiger partial charge in [0.05, 0.1) is 11.8 Å². The molecule has 28 heavy (non-hydrogen) atoms. The normalized spacial score (nSPS) is 10.8. The Hall–Kier alpha value is -3.32. The number of hydrogen-bond acceptors (Lipinski definition) is 5. The first-order valence-electron chi connectivity index (χ1n) is 8.34. The summed E-state index contributed by atoms with van der Waals surface area (Å²) in [5.74, 6) is -0.215. The van der Waals surface area contributed by atoms with Crippen LogP contribution in [-0.2, 0) is 6.61 Å². The quantitative estimate of drug-likeness (QED) is 0.395. The van der Waals surface area contributed by atoms with Gasteiger partial charge in [-0.05, 0) is 42.0 Å². The minimum atomic E-state index is -0.445. The summed E-state index contributed by atoms with van der Waals surface area (Å²) in [7, 11) is 0. The summed E-state index contributed by atoms with van der Waals surface area (Å²) >= 11 is 3.42. The van der Waals surface area contributed by atoms with Crippen LogP contribution < -0.4 is 10.2 Å². The number of hydrazone groups is 1. The average Bonchev–Trinajstić information content (AvgIpc) is 2.68. The molecule has 0 aliphatic carbocycles. The lowest BCUT2D eigenvalue weighted by molar-refractivity contribution is 0.0950. The number of phenolic OH excluding ortho intramolecular Hbond substituents is 2. The summed E-state index contributed by atoms with van der Waals surface area (Å²) in [6.45, 7) is 0.314. The molecule has 1 amide bonds. The van der Waals surface area contributed by atoms with Crippen LogP contribution in [0.4, 0.5) is 0 Å². The molecule has 0 saturated carbocycles. The monoisotopic (exact) mass is 440 g/mol. The Balaban J connectivity index is 1.67. The highest BCUT2D eigenvalue weighted by Crippen LogP contribution is 2.22. The molecule has 0 bridgehead atoms. The number of halogens is 1. The third-order valence-electron chi connectivity index (χ3n) is 3.80. The number of benzene rings is 3. The van der Waals surface area contributed by atoms with Gasteiger partial charge in [-0.1, -0.05) is 40.2 Å². The molecule has 0 spiro atoms. The number of amides is 1. The lowest BCUT2D eigenvalue weighted by Crippen LogP contribution is -2.18. The maximum absolute atomic E-state index is 12.4. The number of ether oxygens (including phenoxy) is 1. The number of nitrogens with one attached hydrogen (secondary N) is 1. The van der Waals surface area contributed by atoms with Crippen molar-refractivity contribution in [2.75, 3.05) is 0 Å². The fourth-order valence-electron chi connectivity index (χ4n) is 2.43. The lowest BCUT2D eigenvalue weighted by atomic mass is 10.2. The molecule has 3 aromatic carbocycles. The molecular formula is C21H17BrN2O4. The number of para-hydroxylation sites is 1. The van der Waals surface area contributed by atoms with E-state index < -0.39 is 5.91 Å². The second-order valence-electron chi connectivity index (χ2n) is 5.86. The maximum atomic E-state index is 12.4. The zero-order chi connectivity index (χ0) is 19.9. The summed E-state index contributed by atoms with van der Waals surface area (Å²) in [6, 6.07) is 18.7. The third-order valence-corrected chi connectivity index (χ3v) is 4.29. The van der Waals surface area contributed by atoms with E-state index in [1.165, 1.54) is 24.4 Å². The van der Waals surface area contributed by atoms with Gasteiger partial charge in [0, 0.05) is 16.1 Å². The molecule has 3 rings (SSSR count). The SMILES string of the molecule is O=C(N/N=C/c1ccc(O)cc1O)c1ccccc1OCc1cccc(Br)c1. The molecule has 142 valence electrons. The molecule has 6 nitrogen and oxygen atoms in total. The standard InChI is InChI=1S/C21H17BrN2O4/c22-16-5-3-4-14(10-16)13-28-20-7-2-1-6-18(20)21(27)24-23-12-15-8-9-17(25)11-19(15)26/h1-12,25-26H,13H2,(H,24,27)/b23-12+. The number of nitrogens with zero attached hydrogens (tertiary/aromatic N) is 1. The highest BCUT2D eigenvalue weighted by Gasteiger charge is 2.11. The minimum absolute atomic E-state index is 0.0600. The van der Waals surface area contributed by atoms with Gasteiger partial charge in [0.1, 0.15) is 23.9 Å². The van der Waals surface area contributed by atoms with Crippen LogP contribution in [0.15, 0.2) is 76.3 Å². The topological polar surface area (TPSA) is 91.2 Å². The highest BCUT2D eigenvalue weighted by molar-refractivity contribution is 9.10. The van der Waals surface area contributed by atoms with Gasteiger partial charge in [-0.3, -0.25) is 4.79 Å². The zero-order valence-electron chi connectivity index (χ0n) is 14.7. The average molecular weight is 441 g/mol. The Bertz CT molecular complexity index is 1020. The van der Waals surface area contributed by atoms with Gasteiger partial charge in [0.2, 0.25) is 0 Å². The van der Waals surface area contributed by atoms with E-state index >= 15 is 0 Å². The molecule has 3 aromatic rings. The fraction of sp³-hybridized carbons (Fsp3) is 0.0476. The van der Waals surface area contributed by atoms with Crippen LogP contribution in [-0.4, -0.2) is 22.3 Å². The van der Waals surface area contributed by atoms with Gasteiger partial charge in [-0.15, -0.1) is 0 Å². The van der Waals surface area contributed by atoms with Crippen molar-refractivity contribution in [2.24, 2.45) is 5.10 Å². The highest BCUT2D eigenvalue weighted by atomic mass is 79.9. The smallest absolute Gasteiger partial charge is 0.275 e. The van der Waals surface area contributed by atoms with Crippen molar-refractivity contribution >= 4 is 28.1 Å². The van der Waals surface area contributed by atoms with E-state index in [1.54, 1.807) is 24.3 Å². The number of carbonyl (C=O) groups excluding carboxylic acids is 1. The number of rotatable bonds is 6. The third kappa shape index (κ3) is 5.11. The van der Waals surface area contributed by atoms with Gasteiger partial charge in [-0.2, -0.15) is 5.10 Å². The molecule has 0 heterocycles.